The number of esters is 1. The maximum Gasteiger partial charge on any atom is 0.406 e. The average molecular weight is 468 g/mol. The maximum atomic E-state index is 12.8. The molecule has 0 radical (unpaired) electrons. The molecular formula is C26H45NO6. The number of methoxy groups -OCH3 is 1. The van der Waals surface area contributed by atoms with Crippen molar-refractivity contribution in [3.8, 4) is 0 Å². The van der Waals surface area contributed by atoms with Gasteiger partial charge in [-0.15, -0.1) is 13.2 Å². The molecule has 1 fully saturated rings. The first-order valence-corrected chi connectivity index (χ1v) is 11.9. The van der Waals surface area contributed by atoms with Crippen LogP contribution in [0.2, 0.25) is 0 Å². The van der Waals surface area contributed by atoms with Gasteiger partial charge in [0, 0.05) is 13.0 Å². The van der Waals surface area contributed by atoms with E-state index in [4.69, 9.17) is 18.9 Å². The van der Waals surface area contributed by atoms with E-state index in [9.17, 15) is 9.59 Å². The Labute approximate surface area is 200 Å². The zero-order valence-corrected chi connectivity index (χ0v) is 21.4. The van der Waals surface area contributed by atoms with Crippen LogP contribution in [0.4, 0.5) is 4.79 Å². The summed E-state index contributed by atoms with van der Waals surface area (Å²) in [7, 11) is 1.36. The van der Waals surface area contributed by atoms with E-state index < -0.39 is 11.5 Å². The van der Waals surface area contributed by atoms with Crippen LogP contribution in [0.15, 0.2) is 25.3 Å². The number of alkyl carbamates (subject to hydrolysis) is 1. The Balaban J connectivity index is 2.74. The monoisotopic (exact) mass is 467 g/mol. The second-order valence-electron chi connectivity index (χ2n) is 10.6. The normalized spacial score (nSPS) is 22.3. The largest absolute Gasteiger partial charge is 0.465 e. The van der Waals surface area contributed by atoms with E-state index in [0.29, 0.717) is 39.4 Å². The lowest BCUT2D eigenvalue weighted by molar-refractivity contribution is -0.153. The molecule has 0 aromatic rings. The summed E-state index contributed by atoms with van der Waals surface area (Å²) in [6.07, 6.45) is 6.85. The van der Waals surface area contributed by atoms with Gasteiger partial charge in [-0.3, -0.25) is 4.79 Å². The summed E-state index contributed by atoms with van der Waals surface area (Å²) < 4.78 is 21.9. The van der Waals surface area contributed by atoms with Crippen molar-refractivity contribution in [2.45, 2.75) is 59.8 Å². The second kappa shape index (κ2) is 13.8. The molecule has 1 saturated carbocycles. The molecule has 0 aromatic heterocycles. The van der Waals surface area contributed by atoms with Crippen molar-refractivity contribution >= 4 is 12.1 Å². The van der Waals surface area contributed by atoms with Crippen LogP contribution in [0.3, 0.4) is 0 Å². The molecule has 7 heteroatoms. The van der Waals surface area contributed by atoms with E-state index in [0.717, 1.165) is 25.7 Å². The van der Waals surface area contributed by atoms with Crippen LogP contribution >= 0.6 is 0 Å². The van der Waals surface area contributed by atoms with Crippen LogP contribution < -0.4 is 5.32 Å². The van der Waals surface area contributed by atoms with Crippen LogP contribution in [-0.2, 0) is 23.7 Å². The van der Waals surface area contributed by atoms with Gasteiger partial charge in [-0.05, 0) is 42.4 Å². The first-order chi connectivity index (χ1) is 15.5. The highest BCUT2D eigenvalue weighted by Gasteiger charge is 2.42. The molecule has 0 spiro atoms. The maximum absolute atomic E-state index is 12.8. The second-order valence-corrected chi connectivity index (χ2v) is 10.6. The lowest BCUT2D eigenvalue weighted by Gasteiger charge is -2.46. The Morgan fingerprint density at radius 3 is 2.18 bits per heavy atom. The molecule has 190 valence electrons. The summed E-state index contributed by atoms with van der Waals surface area (Å²) in [5, 5.41) is 2.84. The molecule has 1 aliphatic rings. The van der Waals surface area contributed by atoms with Crippen molar-refractivity contribution in [3.05, 3.63) is 25.3 Å². The third-order valence-corrected chi connectivity index (χ3v) is 6.41. The highest BCUT2D eigenvalue weighted by atomic mass is 16.5. The molecule has 1 aliphatic carbocycles. The Kier molecular flexibility index (Phi) is 12.2. The Morgan fingerprint density at radius 1 is 1.06 bits per heavy atom. The number of carbonyl (C=O) groups is 2. The van der Waals surface area contributed by atoms with Crippen LogP contribution in [-0.4, -0.2) is 58.8 Å². The van der Waals surface area contributed by atoms with Gasteiger partial charge >= 0.3 is 12.1 Å². The fraction of sp³-hybridized carbons (Fsp3) is 0.769. The summed E-state index contributed by atoms with van der Waals surface area (Å²) in [6, 6.07) is 0. The van der Waals surface area contributed by atoms with Crippen LogP contribution in [0, 0.1) is 22.2 Å². The van der Waals surface area contributed by atoms with Crippen LogP contribution in [0.1, 0.15) is 59.8 Å². The fourth-order valence-electron chi connectivity index (χ4n) is 5.16. The first-order valence-electron chi connectivity index (χ1n) is 11.9. The van der Waals surface area contributed by atoms with Crippen molar-refractivity contribution in [1.82, 2.24) is 5.32 Å². The van der Waals surface area contributed by atoms with E-state index in [1.165, 1.54) is 7.11 Å². The van der Waals surface area contributed by atoms with Gasteiger partial charge in [0.15, 0.2) is 0 Å². The molecule has 1 rings (SSSR count). The topological polar surface area (TPSA) is 83.1 Å². The smallest absolute Gasteiger partial charge is 0.406 e. The van der Waals surface area contributed by atoms with E-state index in [1.807, 2.05) is 6.92 Å². The summed E-state index contributed by atoms with van der Waals surface area (Å²) in [5.74, 6) is -0.0120. The Morgan fingerprint density at radius 2 is 1.67 bits per heavy atom. The predicted molar refractivity (Wildman–Crippen MR) is 130 cm³/mol. The number of nitrogens with one attached hydrogen (secondary N) is 1. The molecule has 33 heavy (non-hydrogen) atoms. The fourth-order valence-corrected chi connectivity index (χ4v) is 5.16. The Bertz CT molecular complexity index is 633. The molecule has 2 unspecified atom stereocenters. The van der Waals surface area contributed by atoms with Gasteiger partial charge in [0.25, 0.3) is 0 Å². The van der Waals surface area contributed by atoms with Gasteiger partial charge in [0.05, 0.1) is 39.0 Å². The number of amides is 1. The lowest BCUT2D eigenvalue weighted by Crippen LogP contribution is -2.44. The van der Waals surface area contributed by atoms with Gasteiger partial charge in [-0.1, -0.05) is 39.8 Å². The first kappa shape index (κ1) is 29.2. The summed E-state index contributed by atoms with van der Waals surface area (Å²) >= 11 is 0. The molecule has 0 bridgehead atoms. The highest BCUT2D eigenvalue weighted by molar-refractivity contribution is 5.69. The highest BCUT2D eigenvalue weighted by Crippen LogP contribution is 2.49. The van der Waals surface area contributed by atoms with E-state index in [2.05, 4.69) is 39.2 Å². The van der Waals surface area contributed by atoms with Gasteiger partial charge in [0.2, 0.25) is 0 Å². The molecular weight excluding hydrogens is 422 g/mol. The molecule has 0 saturated heterocycles. The average Bonchev–Trinajstić information content (AvgIpc) is 2.74. The number of ether oxygens (including phenoxy) is 4. The molecule has 2 atom stereocenters. The third kappa shape index (κ3) is 10.7. The SMILES string of the molecule is C=CCOCC(CC)(COCC=C)COC(=O)CC1CC(C)(C)CC(C)(CNC(=O)OC)C1. The van der Waals surface area contributed by atoms with Gasteiger partial charge in [-0.2, -0.15) is 0 Å². The van der Waals surface area contributed by atoms with E-state index in [1.54, 1.807) is 12.2 Å². The molecule has 1 N–H and O–H groups in total. The van der Waals surface area contributed by atoms with Crippen LogP contribution in [0.5, 0.6) is 0 Å². The molecule has 0 heterocycles. The minimum atomic E-state index is -0.427. The molecule has 0 aliphatic heterocycles. The standard InChI is InChI=1S/C26H45NO6/c1-8-11-31-18-26(10-3,19-32-12-9-2)20-33-22(28)13-21-14-24(4,5)16-25(6,15-21)17-27-23(29)30-7/h8-9,21H,1-2,10-20H2,3-7H3,(H,27,29). The Hall–Kier alpha value is -1.86. The minimum absolute atomic E-state index is 0.0694. The van der Waals surface area contributed by atoms with Crippen molar-refractivity contribution in [3.63, 3.8) is 0 Å². The number of rotatable bonds is 15. The van der Waals surface area contributed by atoms with Crippen molar-refractivity contribution in [2.24, 2.45) is 22.2 Å². The summed E-state index contributed by atoms with van der Waals surface area (Å²) in [6.45, 7) is 18.5. The van der Waals surface area contributed by atoms with Gasteiger partial charge in [-0.25, -0.2) is 4.79 Å². The third-order valence-electron chi connectivity index (χ3n) is 6.41. The number of carbonyl (C=O) groups excluding carboxylic acids is 2. The predicted octanol–water partition coefficient (Wildman–Crippen LogP) is 4.91. The number of hydrogen-bond donors (Lipinski definition) is 1. The van der Waals surface area contributed by atoms with Crippen molar-refractivity contribution in [1.29, 1.82) is 0 Å². The summed E-state index contributed by atoms with van der Waals surface area (Å²) in [5.41, 5.74) is -0.447. The number of hydrogen-bond acceptors (Lipinski definition) is 6. The van der Waals surface area contributed by atoms with Crippen molar-refractivity contribution in [2.75, 3.05) is 46.7 Å². The minimum Gasteiger partial charge on any atom is -0.465 e. The molecule has 1 amide bonds. The van der Waals surface area contributed by atoms with Crippen molar-refractivity contribution < 1.29 is 28.5 Å². The van der Waals surface area contributed by atoms with E-state index >= 15 is 0 Å². The van der Waals surface area contributed by atoms with Gasteiger partial charge < -0.3 is 24.3 Å². The quantitative estimate of drug-likeness (QED) is 0.209. The zero-order valence-electron chi connectivity index (χ0n) is 21.4. The summed E-state index contributed by atoms with van der Waals surface area (Å²) in [4.78, 5) is 24.4. The van der Waals surface area contributed by atoms with E-state index in [-0.39, 0.29) is 29.3 Å². The lowest BCUT2D eigenvalue weighted by atomic mass is 9.60. The van der Waals surface area contributed by atoms with Gasteiger partial charge in [0.1, 0.15) is 6.61 Å². The molecule has 0 aromatic carbocycles. The molecule has 7 nitrogen and oxygen atoms in total. The zero-order chi connectivity index (χ0) is 25.0. The van der Waals surface area contributed by atoms with Crippen LogP contribution in [0.25, 0.3) is 0 Å².